The van der Waals surface area contributed by atoms with Gasteiger partial charge in [0.15, 0.2) is 5.71 Å². The topological polar surface area (TPSA) is 82.4 Å². The molecule has 1 saturated heterocycles. The van der Waals surface area contributed by atoms with Crippen LogP contribution in [0.1, 0.15) is 19.3 Å². The molecule has 0 spiro atoms. The SMILES string of the molecule is CN1CCC(CN(C)C(=O)C2CC(C(=O)O)=NO2)CC1. The summed E-state index contributed by atoms with van der Waals surface area (Å²) in [5.41, 5.74) is -0.0870. The van der Waals surface area contributed by atoms with Crippen LogP contribution in [0.25, 0.3) is 0 Å². The smallest absolute Gasteiger partial charge is 0.353 e. The summed E-state index contributed by atoms with van der Waals surface area (Å²) in [6.07, 6.45) is 1.43. The second kappa shape index (κ2) is 6.21. The molecule has 0 saturated carbocycles. The number of oxime groups is 1. The third-order valence-electron chi connectivity index (χ3n) is 3.94. The van der Waals surface area contributed by atoms with Crippen molar-refractivity contribution >= 4 is 17.6 Å². The van der Waals surface area contributed by atoms with Crippen molar-refractivity contribution in [2.24, 2.45) is 11.1 Å². The van der Waals surface area contributed by atoms with Crippen LogP contribution in [-0.4, -0.2) is 72.3 Å². The molecule has 2 rings (SSSR count). The summed E-state index contributed by atoms with van der Waals surface area (Å²) in [7, 11) is 3.84. The number of piperidine rings is 1. The quantitative estimate of drug-likeness (QED) is 0.786. The predicted octanol–water partition coefficient (Wildman–Crippen LogP) is 0.0161. The molecule has 1 atom stereocenters. The second-order valence-electron chi connectivity index (χ2n) is 5.61. The van der Waals surface area contributed by atoms with Crippen molar-refractivity contribution < 1.29 is 19.5 Å². The molecule has 1 fully saturated rings. The number of carboxylic acids is 1. The van der Waals surface area contributed by atoms with Gasteiger partial charge >= 0.3 is 5.97 Å². The minimum atomic E-state index is -1.13. The summed E-state index contributed by atoms with van der Waals surface area (Å²) in [4.78, 5) is 31.8. The van der Waals surface area contributed by atoms with Crippen molar-refractivity contribution in [1.82, 2.24) is 9.80 Å². The minimum Gasteiger partial charge on any atom is -0.477 e. The van der Waals surface area contributed by atoms with Crippen molar-refractivity contribution in [3.63, 3.8) is 0 Å². The van der Waals surface area contributed by atoms with Gasteiger partial charge < -0.3 is 19.7 Å². The molecule has 2 aliphatic rings. The molecule has 2 heterocycles. The van der Waals surface area contributed by atoms with Crippen LogP contribution in [0, 0.1) is 5.92 Å². The van der Waals surface area contributed by atoms with E-state index in [0.29, 0.717) is 12.5 Å². The van der Waals surface area contributed by atoms with Gasteiger partial charge in [0.2, 0.25) is 6.10 Å². The van der Waals surface area contributed by atoms with E-state index in [2.05, 4.69) is 17.1 Å². The lowest BCUT2D eigenvalue weighted by Crippen LogP contribution is -2.42. The molecule has 0 aromatic heterocycles. The molecule has 1 unspecified atom stereocenters. The number of nitrogens with zero attached hydrogens (tertiary/aromatic N) is 3. The molecule has 0 aromatic rings. The Morgan fingerprint density at radius 1 is 1.45 bits per heavy atom. The van der Waals surface area contributed by atoms with Crippen LogP contribution in [0.2, 0.25) is 0 Å². The first-order valence-electron chi connectivity index (χ1n) is 6.87. The average molecular weight is 283 g/mol. The highest BCUT2D eigenvalue weighted by molar-refractivity contribution is 6.36. The van der Waals surface area contributed by atoms with Crippen molar-refractivity contribution in [3.05, 3.63) is 0 Å². The van der Waals surface area contributed by atoms with Gasteiger partial charge in [-0.05, 0) is 38.9 Å². The number of carbonyl (C=O) groups is 2. The second-order valence-corrected chi connectivity index (χ2v) is 5.61. The van der Waals surface area contributed by atoms with Crippen molar-refractivity contribution in [2.75, 3.05) is 33.7 Å². The standard InChI is InChI=1S/C13H21N3O4/c1-15-5-3-9(4-6-15)8-16(2)12(17)11-7-10(13(18)19)14-20-11/h9,11H,3-8H2,1-2H3,(H,18,19). The minimum absolute atomic E-state index is 0.0475. The maximum Gasteiger partial charge on any atom is 0.353 e. The van der Waals surface area contributed by atoms with Crippen LogP contribution in [0.15, 0.2) is 5.16 Å². The van der Waals surface area contributed by atoms with Gasteiger partial charge in [0.25, 0.3) is 5.91 Å². The molecular formula is C13H21N3O4. The number of amides is 1. The number of likely N-dealkylation sites (tertiary alicyclic amines) is 1. The fourth-order valence-corrected chi connectivity index (χ4v) is 2.60. The molecule has 0 bridgehead atoms. The normalized spacial score (nSPS) is 24.1. The first-order chi connectivity index (χ1) is 9.47. The van der Waals surface area contributed by atoms with E-state index in [9.17, 15) is 9.59 Å². The highest BCUT2D eigenvalue weighted by Crippen LogP contribution is 2.19. The van der Waals surface area contributed by atoms with Gasteiger partial charge in [-0.2, -0.15) is 0 Å². The lowest BCUT2D eigenvalue weighted by Gasteiger charge is -2.32. The number of carboxylic acid groups (broad SMARTS) is 1. The average Bonchev–Trinajstić information content (AvgIpc) is 2.90. The van der Waals surface area contributed by atoms with Crippen LogP contribution in [-0.2, 0) is 14.4 Å². The molecule has 20 heavy (non-hydrogen) atoms. The van der Waals surface area contributed by atoms with E-state index in [0.717, 1.165) is 25.9 Å². The van der Waals surface area contributed by atoms with Gasteiger partial charge in [-0.3, -0.25) is 4.79 Å². The molecule has 7 heteroatoms. The molecular weight excluding hydrogens is 262 g/mol. The Bertz CT molecular complexity index is 416. The lowest BCUT2D eigenvalue weighted by atomic mass is 9.96. The van der Waals surface area contributed by atoms with Crippen LogP contribution in [0.3, 0.4) is 0 Å². The van der Waals surface area contributed by atoms with Crippen molar-refractivity contribution in [2.45, 2.75) is 25.4 Å². The van der Waals surface area contributed by atoms with Gasteiger partial charge in [0.1, 0.15) is 0 Å². The number of aliphatic carboxylic acids is 1. The van der Waals surface area contributed by atoms with Gasteiger partial charge in [-0.25, -0.2) is 4.79 Å². The molecule has 1 N–H and O–H groups in total. The van der Waals surface area contributed by atoms with E-state index in [1.165, 1.54) is 0 Å². The largest absolute Gasteiger partial charge is 0.477 e. The molecule has 7 nitrogen and oxygen atoms in total. The van der Waals surface area contributed by atoms with Gasteiger partial charge in [-0.15, -0.1) is 0 Å². The Morgan fingerprint density at radius 3 is 2.65 bits per heavy atom. The maximum atomic E-state index is 12.2. The molecule has 0 radical (unpaired) electrons. The summed E-state index contributed by atoms with van der Waals surface area (Å²) in [5, 5.41) is 12.2. The van der Waals surface area contributed by atoms with E-state index in [1.807, 2.05) is 0 Å². The third kappa shape index (κ3) is 3.47. The van der Waals surface area contributed by atoms with Gasteiger partial charge in [0.05, 0.1) is 0 Å². The van der Waals surface area contributed by atoms with E-state index in [4.69, 9.17) is 9.94 Å². The molecule has 2 aliphatic heterocycles. The first kappa shape index (κ1) is 14.8. The van der Waals surface area contributed by atoms with E-state index in [1.54, 1.807) is 11.9 Å². The van der Waals surface area contributed by atoms with Gasteiger partial charge in [0, 0.05) is 20.0 Å². The number of likely N-dealkylation sites (N-methyl/N-ethyl adjacent to an activating group) is 1. The summed E-state index contributed by atoms with van der Waals surface area (Å²) in [5.74, 6) is -0.816. The number of hydrogen-bond donors (Lipinski definition) is 1. The number of rotatable bonds is 4. The van der Waals surface area contributed by atoms with Crippen LogP contribution < -0.4 is 0 Å². The fraction of sp³-hybridized carbons (Fsp3) is 0.769. The zero-order valence-corrected chi connectivity index (χ0v) is 11.9. The zero-order chi connectivity index (χ0) is 14.7. The Morgan fingerprint density at radius 2 is 2.10 bits per heavy atom. The maximum absolute atomic E-state index is 12.2. The Labute approximate surface area is 118 Å². The number of hydrogen-bond acceptors (Lipinski definition) is 5. The third-order valence-corrected chi connectivity index (χ3v) is 3.94. The predicted molar refractivity (Wildman–Crippen MR) is 72.4 cm³/mol. The Hall–Kier alpha value is -1.63. The summed E-state index contributed by atoms with van der Waals surface area (Å²) in [6, 6.07) is 0. The number of carbonyl (C=O) groups excluding carboxylic acids is 1. The van der Waals surface area contributed by atoms with E-state index >= 15 is 0 Å². The van der Waals surface area contributed by atoms with E-state index < -0.39 is 12.1 Å². The van der Waals surface area contributed by atoms with Crippen molar-refractivity contribution in [3.8, 4) is 0 Å². The molecule has 1 amide bonds. The van der Waals surface area contributed by atoms with Gasteiger partial charge in [-0.1, -0.05) is 5.16 Å². The van der Waals surface area contributed by atoms with Crippen LogP contribution in [0.5, 0.6) is 0 Å². The molecule has 112 valence electrons. The highest BCUT2D eigenvalue weighted by Gasteiger charge is 2.34. The van der Waals surface area contributed by atoms with Crippen molar-refractivity contribution in [1.29, 1.82) is 0 Å². The highest BCUT2D eigenvalue weighted by atomic mass is 16.6. The first-order valence-corrected chi connectivity index (χ1v) is 6.87. The Kier molecular flexibility index (Phi) is 4.59. The van der Waals surface area contributed by atoms with Crippen LogP contribution >= 0.6 is 0 Å². The van der Waals surface area contributed by atoms with Crippen LogP contribution in [0.4, 0.5) is 0 Å². The van der Waals surface area contributed by atoms with E-state index in [-0.39, 0.29) is 18.0 Å². The monoisotopic (exact) mass is 283 g/mol. The molecule has 0 aliphatic carbocycles. The fourth-order valence-electron chi connectivity index (χ4n) is 2.60. The Balaban J connectivity index is 1.80. The lowest BCUT2D eigenvalue weighted by molar-refractivity contribution is -0.141. The summed E-state index contributed by atoms with van der Waals surface area (Å²) < 4.78 is 0. The summed E-state index contributed by atoms with van der Waals surface area (Å²) >= 11 is 0. The summed E-state index contributed by atoms with van der Waals surface area (Å²) in [6.45, 7) is 2.80. The zero-order valence-electron chi connectivity index (χ0n) is 11.9. The molecule has 0 aromatic carbocycles.